The first-order valence-corrected chi connectivity index (χ1v) is 8.30. The summed E-state index contributed by atoms with van der Waals surface area (Å²) in [6.45, 7) is 3.78. The Kier molecular flexibility index (Phi) is 3.80. The number of nitrogens with zero attached hydrogens (tertiary/aromatic N) is 3. The van der Waals surface area contributed by atoms with Gasteiger partial charge in [0, 0.05) is 18.4 Å². The molecule has 7 nitrogen and oxygen atoms in total. The maximum Gasteiger partial charge on any atom is 0.249 e. The number of benzene rings is 1. The third-order valence-corrected chi connectivity index (χ3v) is 4.63. The predicted octanol–water partition coefficient (Wildman–Crippen LogP) is 2.56. The van der Waals surface area contributed by atoms with Gasteiger partial charge in [0.05, 0.1) is 12.0 Å². The summed E-state index contributed by atoms with van der Waals surface area (Å²) in [5, 5.41) is 14.8. The van der Waals surface area contributed by atoms with Crippen LogP contribution in [0.5, 0.6) is 0 Å². The first-order chi connectivity index (χ1) is 12.0. The van der Waals surface area contributed by atoms with E-state index in [0.717, 1.165) is 11.0 Å². The monoisotopic (exact) mass is 341 g/mol. The van der Waals surface area contributed by atoms with E-state index in [9.17, 15) is 9.90 Å². The van der Waals surface area contributed by atoms with Gasteiger partial charge < -0.3 is 18.9 Å². The lowest BCUT2D eigenvalue weighted by Crippen LogP contribution is -2.35. The van der Waals surface area contributed by atoms with Crippen LogP contribution in [0.4, 0.5) is 0 Å². The van der Waals surface area contributed by atoms with Crippen molar-refractivity contribution < 1.29 is 18.8 Å². The van der Waals surface area contributed by atoms with Crippen molar-refractivity contribution in [2.45, 2.75) is 38.3 Å². The zero-order chi connectivity index (χ0) is 17.6. The van der Waals surface area contributed by atoms with Crippen molar-refractivity contribution in [2.24, 2.45) is 0 Å². The molecular weight excluding hydrogens is 322 g/mol. The Bertz CT molecular complexity index is 883. The van der Waals surface area contributed by atoms with Crippen LogP contribution in [0.25, 0.3) is 11.0 Å². The molecule has 25 heavy (non-hydrogen) atoms. The number of aliphatic hydroxyl groups is 1. The second-order valence-electron chi connectivity index (χ2n) is 6.48. The number of rotatable bonds is 3. The number of aliphatic hydroxyl groups excluding tert-OH is 1. The fourth-order valence-corrected chi connectivity index (χ4v) is 3.33. The fourth-order valence-electron chi connectivity index (χ4n) is 3.33. The van der Waals surface area contributed by atoms with Crippen molar-refractivity contribution in [1.29, 1.82) is 0 Å². The molecule has 0 spiro atoms. The summed E-state index contributed by atoms with van der Waals surface area (Å²) in [6.07, 6.45) is -0.218. The summed E-state index contributed by atoms with van der Waals surface area (Å²) >= 11 is 0. The second kappa shape index (κ2) is 6.00. The van der Waals surface area contributed by atoms with Crippen molar-refractivity contribution in [3.8, 4) is 0 Å². The van der Waals surface area contributed by atoms with Crippen LogP contribution in [0.3, 0.4) is 0 Å². The van der Waals surface area contributed by atoms with E-state index in [1.807, 2.05) is 30.3 Å². The number of fused-ring (bicyclic) bond motifs is 1. The van der Waals surface area contributed by atoms with Crippen molar-refractivity contribution in [2.75, 3.05) is 6.54 Å². The van der Waals surface area contributed by atoms with Crippen LogP contribution in [0, 0.1) is 6.92 Å². The van der Waals surface area contributed by atoms with Gasteiger partial charge in [-0.25, -0.2) is 0 Å². The van der Waals surface area contributed by atoms with Crippen LogP contribution in [0.2, 0.25) is 0 Å². The average molecular weight is 341 g/mol. The molecule has 0 aliphatic carbocycles. The molecular formula is C18H19N3O4. The minimum atomic E-state index is -0.607. The molecule has 0 bridgehead atoms. The molecule has 3 atom stereocenters. The maximum atomic E-state index is 13.0. The highest BCUT2D eigenvalue weighted by molar-refractivity contribution is 5.86. The highest BCUT2D eigenvalue weighted by atomic mass is 16.5. The summed E-state index contributed by atoms with van der Waals surface area (Å²) in [5.74, 6) is 0.877. The van der Waals surface area contributed by atoms with Gasteiger partial charge in [-0.2, -0.15) is 4.98 Å². The number of aryl methyl sites for hydroxylation is 1. The minimum Gasteiger partial charge on any atom is -0.460 e. The molecule has 7 heteroatoms. The molecule has 1 aliphatic rings. The molecule has 3 aromatic rings. The number of carbonyl (C=O) groups is 1. The number of hydrogen-bond acceptors (Lipinski definition) is 6. The molecule has 1 aliphatic heterocycles. The third kappa shape index (κ3) is 2.80. The molecule has 0 unspecified atom stereocenters. The number of carbonyl (C=O) groups excluding carboxylic acids is 1. The Morgan fingerprint density at radius 3 is 2.92 bits per heavy atom. The molecule has 3 heterocycles. The zero-order valence-corrected chi connectivity index (χ0v) is 14.0. The number of amides is 1. The second-order valence-corrected chi connectivity index (χ2v) is 6.48. The summed E-state index contributed by atoms with van der Waals surface area (Å²) in [6, 6.07) is 9.13. The van der Waals surface area contributed by atoms with Gasteiger partial charge in [-0.05, 0) is 26.0 Å². The Morgan fingerprint density at radius 2 is 2.20 bits per heavy atom. The van der Waals surface area contributed by atoms with E-state index in [1.54, 1.807) is 18.7 Å². The Balaban J connectivity index is 1.61. The van der Waals surface area contributed by atoms with E-state index in [-0.39, 0.29) is 12.5 Å². The first kappa shape index (κ1) is 15.8. The summed E-state index contributed by atoms with van der Waals surface area (Å²) in [7, 11) is 0. The molecule has 1 aromatic carbocycles. The minimum absolute atomic E-state index is 0.128. The Hall–Kier alpha value is -2.67. The highest BCUT2D eigenvalue weighted by Crippen LogP contribution is 2.35. The van der Waals surface area contributed by atoms with Crippen LogP contribution >= 0.6 is 0 Å². The lowest BCUT2D eigenvalue weighted by molar-refractivity contribution is -0.134. The number of para-hydroxylation sites is 1. The molecule has 2 aromatic heterocycles. The van der Waals surface area contributed by atoms with Gasteiger partial charge in [0.25, 0.3) is 0 Å². The lowest BCUT2D eigenvalue weighted by atomic mass is 10.1. The van der Waals surface area contributed by atoms with E-state index in [1.165, 1.54) is 0 Å². The highest BCUT2D eigenvalue weighted by Gasteiger charge is 2.40. The number of likely N-dealkylation sites (tertiary alicyclic amines) is 1. The van der Waals surface area contributed by atoms with E-state index in [4.69, 9.17) is 8.94 Å². The molecule has 1 fully saturated rings. The van der Waals surface area contributed by atoms with Gasteiger partial charge in [0.15, 0.2) is 5.82 Å². The van der Waals surface area contributed by atoms with E-state index >= 15 is 0 Å². The van der Waals surface area contributed by atoms with Gasteiger partial charge in [0.2, 0.25) is 11.8 Å². The smallest absolute Gasteiger partial charge is 0.249 e. The topological polar surface area (TPSA) is 92.6 Å². The lowest BCUT2D eigenvalue weighted by Gasteiger charge is -2.24. The number of β-amino-alcohol motifs (C(OH)–C–C–N with tert-alkyl or cyclic N) is 1. The SMILES string of the molecule is Cc1noc([C@H]2C[C@@H](O)CN2C(=O)[C@@H](C)c2cc3ccccc3o2)n1. The quantitative estimate of drug-likeness (QED) is 0.787. The van der Waals surface area contributed by atoms with Crippen molar-refractivity contribution >= 4 is 16.9 Å². The van der Waals surface area contributed by atoms with Gasteiger partial charge in [-0.1, -0.05) is 23.4 Å². The van der Waals surface area contributed by atoms with Crippen LogP contribution in [0.1, 0.15) is 42.8 Å². The largest absolute Gasteiger partial charge is 0.460 e. The Labute approximate surface area is 144 Å². The van der Waals surface area contributed by atoms with Crippen LogP contribution in [-0.4, -0.2) is 38.7 Å². The Morgan fingerprint density at radius 1 is 1.40 bits per heavy atom. The van der Waals surface area contributed by atoms with Crippen LogP contribution in [0.15, 0.2) is 39.3 Å². The zero-order valence-electron chi connectivity index (χ0n) is 14.0. The van der Waals surface area contributed by atoms with Crippen molar-refractivity contribution in [3.63, 3.8) is 0 Å². The number of furan rings is 1. The average Bonchev–Trinajstić information content (AvgIpc) is 3.30. The normalized spacial score (nSPS) is 21.8. The fraction of sp³-hybridized carbons (Fsp3) is 0.389. The molecule has 1 saturated heterocycles. The van der Waals surface area contributed by atoms with Gasteiger partial charge >= 0.3 is 0 Å². The van der Waals surface area contributed by atoms with Crippen LogP contribution < -0.4 is 0 Å². The molecule has 1 amide bonds. The third-order valence-electron chi connectivity index (χ3n) is 4.63. The van der Waals surface area contributed by atoms with Gasteiger partial charge in [0.1, 0.15) is 17.4 Å². The van der Waals surface area contributed by atoms with E-state index in [0.29, 0.717) is 23.9 Å². The molecule has 130 valence electrons. The summed E-state index contributed by atoms with van der Waals surface area (Å²) in [5.41, 5.74) is 0.752. The van der Waals surface area contributed by atoms with Gasteiger partial charge in [-0.15, -0.1) is 0 Å². The summed E-state index contributed by atoms with van der Waals surface area (Å²) < 4.78 is 11.0. The molecule has 0 saturated carbocycles. The predicted molar refractivity (Wildman–Crippen MR) is 88.7 cm³/mol. The number of hydrogen-bond donors (Lipinski definition) is 1. The first-order valence-electron chi connectivity index (χ1n) is 8.30. The molecule has 4 rings (SSSR count). The van der Waals surface area contributed by atoms with Crippen molar-refractivity contribution in [1.82, 2.24) is 15.0 Å². The van der Waals surface area contributed by atoms with Crippen molar-refractivity contribution in [3.05, 3.63) is 47.8 Å². The molecule has 0 radical (unpaired) electrons. The summed E-state index contributed by atoms with van der Waals surface area (Å²) in [4.78, 5) is 18.9. The number of aromatic nitrogens is 2. The molecule has 1 N–H and O–H groups in total. The standard InChI is InChI=1S/C18H19N3O4/c1-10(16-7-12-5-3-4-6-15(12)24-16)18(23)21-9-13(22)8-14(21)17-19-11(2)20-25-17/h3-7,10,13-14,22H,8-9H2,1-2H3/t10-,13+,14+/m0/s1. The van der Waals surface area contributed by atoms with E-state index in [2.05, 4.69) is 10.1 Å². The van der Waals surface area contributed by atoms with Gasteiger partial charge in [-0.3, -0.25) is 4.79 Å². The van der Waals surface area contributed by atoms with Crippen LogP contribution in [-0.2, 0) is 4.79 Å². The maximum absolute atomic E-state index is 13.0. The van der Waals surface area contributed by atoms with E-state index < -0.39 is 18.1 Å².